The van der Waals surface area contributed by atoms with E-state index >= 15 is 0 Å². The van der Waals surface area contributed by atoms with Crippen LogP contribution in [-0.4, -0.2) is 21.1 Å². The molecule has 3 rings (SSSR count). The molecule has 1 aromatic carbocycles. The van der Waals surface area contributed by atoms with Gasteiger partial charge in [0.25, 0.3) is 0 Å². The Morgan fingerprint density at radius 1 is 1.33 bits per heavy atom. The van der Waals surface area contributed by atoms with Crippen molar-refractivity contribution in [3.8, 4) is 5.75 Å². The van der Waals surface area contributed by atoms with Gasteiger partial charge in [-0.15, -0.1) is 0 Å². The molecule has 0 bridgehead atoms. The third kappa shape index (κ3) is 3.93. The smallest absolute Gasteiger partial charge is 0.216 e. The molecule has 0 amide bonds. The summed E-state index contributed by atoms with van der Waals surface area (Å²) < 4.78 is 13.3. The lowest BCUT2D eigenvalue weighted by molar-refractivity contribution is 0.270. The summed E-state index contributed by atoms with van der Waals surface area (Å²) in [5, 5.41) is 11.8. The van der Waals surface area contributed by atoms with Gasteiger partial charge in [0.15, 0.2) is 5.82 Å². The number of H-pyrrole nitrogens is 1. The van der Waals surface area contributed by atoms with Crippen molar-refractivity contribution in [3.63, 3.8) is 0 Å². The summed E-state index contributed by atoms with van der Waals surface area (Å²) in [7, 11) is 0. The molecule has 2 aromatic heterocycles. The van der Waals surface area contributed by atoms with Crippen LogP contribution in [0.2, 0.25) is 5.02 Å². The number of rotatable bonds is 6. The molecule has 0 fully saturated rings. The first-order valence-corrected chi connectivity index (χ1v) is 8.12. The van der Waals surface area contributed by atoms with Crippen LogP contribution in [-0.2, 0) is 13.0 Å². The van der Waals surface area contributed by atoms with Crippen molar-refractivity contribution >= 4 is 30.0 Å². The van der Waals surface area contributed by atoms with Crippen LogP contribution in [0.4, 0.5) is 0 Å². The van der Waals surface area contributed by atoms with E-state index in [-0.39, 0.29) is 0 Å². The predicted octanol–water partition coefficient (Wildman–Crippen LogP) is 4.21. The van der Waals surface area contributed by atoms with Gasteiger partial charge in [0.2, 0.25) is 4.77 Å². The van der Waals surface area contributed by atoms with E-state index in [1.54, 1.807) is 35.2 Å². The molecule has 0 unspecified atom stereocenters. The summed E-state index contributed by atoms with van der Waals surface area (Å²) in [5.74, 6) is 2.78. The molecular weight excluding hydrogens is 348 g/mol. The summed E-state index contributed by atoms with van der Waals surface area (Å²) in [5.41, 5.74) is 0. The van der Waals surface area contributed by atoms with Crippen molar-refractivity contribution in [1.82, 2.24) is 14.9 Å². The summed E-state index contributed by atoms with van der Waals surface area (Å²) in [4.78, 5) is 0. The van der Waals surface area contributed by atoms with Crippen molar-refractivity contribution in [3.05, 3.63) is 63.5 Å². The monoisotopic (exact) mass is 362 g/mol. The maximum Gasteiger partial charge on any atom is 0.216 e. The molecule has 2 heterocycles. The maximum atomic E-state index is 5.84. The van der Waals surface area contributed by atoms with Crippen molar-refractivity contribution in [1.29, 1.82) is 0 Å². The molecule has 24 heavy (non-hydrogen) atoms. The topological polar surface area (TPSA) is 68.3 Å². The van der Waals surface area contributed by atoms with Crippen LogP contribution in [0.3, 0.4) is 0 Å². The highest BCUT2D eigenvalue weighted by molar-refractivity contribution is 7.71. The highest BCUT2D eigenvalue weighted by Crippen LogP contribution is 2.17. The number of ether oxygens (including phenoxy) is 1. The van der Waals surface area contributed by atoms with Crippen LogP contribution < -0.4 is 4.74 Å². The number of hydrogen-bond donors (Lipinski definition) is 1. The Labute approximate surface area is 148 Å². The number of nitrogens with zero attached hydrogens (tertiary/aromatic N) is 3. The highest BCUT2D eigenvalue weighted by atomic mass is 35.5. The van der Waals surface area contributed by atoms with Crippen molar-refractivity contribution in [2.45, 2.75) is 20.0 Å². The van der Waals surface area contributed by atoms with Gasteiger partial charge in [-0.1, -0.05) is 18.5 Å². The van der Waals surface area contributed by atoms with Gasteiger partial charge < -0.3 is 9.15 Å². The zero-order chi connectivity index (χ0) is 16.9. The molecule has 0 aliphatic heterocycles. The standard InChI is InChI=1S/C16H15ClN4O2S/c1-2-15-19-20-16(24)21(15)18-9-13-7-8-14(23-13)10-22-12-5-3-11(17)4-6-12/h3-9H,2,10H2,1H3,(H,20,24). The second-order valence-corrected chi connectivity index (χ2v) is 5.72. The van der Waals surface area contributed by atoms with Crippen LogP contribution >= 0.6 is 23.8 Å². The van der Waals surface area contributed by atoms with Crippen molar-refractivity contribution in [2.24, 2.45) is 5.10 Å². The quantitative estimate of drug-likeness (QED) is 0.526. The van der Waals surface area contributed by atoms with E-state index in [2.05, 4.69) is 15.3 Å². The average Bonchev–Trinajstić information content (AvgIpc) is 3.18. The lowest BCUT2D eigenvalue weighted by Gasteiger charge is -2.03. The first kappa shape index (κ1) is 16.5. The molecule has 8 heteroatoms. The predicted molar refractivity (Wildman–Crippen MR) is 94.3 cm³/mol. The van der Waals surface area contributed by atoms with Gasteiger partial charge in [-0.25, -0.2) is 0 Å². The van der Waals surface area contributed by atoms with E-state index in [0.717, 1.165) is 18.0 Å². The molecule has 0 aliphatic rings. The van der Waals surface area contributed by atoms with E-state index in [0.29, 0.717) is 27.9 Å². The van der Waals surface area contributed by atoms with E-state index in [1.807, 2.05) is 19.1 Å². The third-order valence-corrected chi connectivity index (χ3v) is 3.73. The SMILES string of the molecule is CCc1n[nH]c(=S)n1N=Cc1ccc(COc2ccc(Cl)cc2)o1. The van der Waals surface area contributed by atoms with Crippen LogP contribution in [0.1, 0.15) is 24.3 Å². The minimum atomic E-state index is 0.320. The second-order valence-electron chi connectivity index (χ2n) is 4.90. The third-order valence-electron chi connectivity index (χ3n) is 3.21. The normalized spacial score (nSPS) is 11.2. The maximum absolute atomic E-state index is 5.84. The molecule has 0 atom stereocenters. The molecule has 0 aliphatic carbocycles. The Morgan fingerprint density at radius 2 is 2.12 bits per heavy atom. The first-order chi connectivity index (χ1) is 11.7. The number of aromatic nitrogens is 3. The number of nitrogens with one attached hydrogen (secondary N) is 1. The Hall–Kier alpha value is -2.38. The van der Waals surface area contributed by atoms with Crippen LogP contribution in [0, 0.1) is 4.77 Å². The van der Waals surface area contributed by atoms with Gasteiger partial charge in [0, 0.05) is 11.4 Å². The summed E-state index contributed by atoms with van der Waals surface area (Å²) in [6, 6.07) is 10.8. The summed E-state index contributed by atoms with van der Waals surface area (Å²) in [6.07, 6.45) is 2.32. The Balaban J connectivity index is 1.65. The van der Waals surface area contributed by atoms with Crippen molar-refractivity contribution in [2.75, 3.05) is 0 Å². The highest BCUT2D eigenvalue weighted by Gasteiger charge is 2.04. The number of aryl methyl sites for hydroxylation is 1. The summed E-state index contributed by atoms with van der Waals surface area (Å²) >= 11 is 11.0. The average molecular weight is 363 g/mol. The number of halogens is 1. The van der Waals surface area contributed by atoms with Gasteiger partial charge in [-0.3, -0.25) is 5.10 Å². The lowest BCUT2D eigenvalue weighted by Crippen LogP contribution is -1.97. The fourth-order valence-corrected chi connectivity index (χ4v) is 2.34. The van der Waals surface area contributed by atoms with Gasteiger partial charge in [-0.05, 0) is 48.6 Å². The number of furan rings is 1. The van der Waals surface area contributed by atoms with Crippen LogP contribution in [0.25, 0.3) is 0 Å². The molecule has 1 N–H and O–H groups in total. The zero-order valence-corrected chi connectivity index (χ0v) is 14.5. The number of benzene rings is 1. The molecule has 124 valence electrons. The Morgan fingerprint density at radius 3 is 2.88 bits per heavy atom. The minimum Gasteiger partial charge on any atom is -0.486 e. The van der Waals surface area contributed by atoms with Gasteiger partial charge >= 0.3 is 0 Å². The Bertz CT molecular complexity index is 895. The van der Waals surface area contributed by atoms with Gasteiger partial charge in [-0.2, -0.15) is 14.9 Å². The van der Waals surface area contributed by atoms with Gasteiger partial charge in [0.1, 0.15) is 23.9 Å². The van der Waals surface area contributed by atoms with E-state index in [9.17, 15) is 0 Å². The molecule has 0 spiro atoms. The van der Waals surface area contributed by atoms with Gasteiger partial charge in [0.05, 0.1) is 6.21 Å². The fraction of sp³-hybridized carbons (Fsp3) is 0.188. The molecule has 0 saturated carbocycles. The fourth-order valence-electron chi connectivity index (χ4n) is 2.01. The number of hydrogen-bond acceptors (Lipinski definition) is 5. The van der Waals surface area contributed by atoms with Crippen molar-refractivity contribution < 1.29 is 9.15 Å². The van der Waals surface area contributed by atoms with E-state index in [4.69, 9.17) is 33.0 Å². The molecule has 0 radical (unpaired) electrons. The zero-order valence-electron chi connectivity index (χ0n) is 12.9. The Kier molecular flexibility index (Phi) is 5.12. The first-order valence-electron chi connectivity index (χ1n) is 7.33. The van der Waals surface area contributed by atoms with Crippen LogP contribution in [0.5, 0.6) is 5.75 Å². The summed E-state index contributed by atoms with van der Waals surface area (Å²) in [6.45, 7) is 2.30. The largest absolute Gasteiger partial charge is 0.486 e. The molecule has 0 saturated heterocycles. The molecular formula is C16H15ClN4O2S. The number of aromatic amines is 1. The van der Waals surface area contributed by atoms with E-state index < -0.39 is 0 Å². The molecule has 6 nitrogen and oxygen atoms in total. The van der Waals surface area contributed by atoms with E-state index in [1.165, 1.54) is 0 Å². The van der Waals surface area contributed by atoms with Crippen LogP contribution in [0.15, 0.2) is 45.9 Å². The second kappa shape index (κ2) is 7.46. The minimum absolute atomic E-state index is 0.320. The molecule has 3 aromatic rings. The lowest BCUT2D eigenvalue weighted by atomic mass is 10.3.